The summed E-state index contributed by atoms with van der Waals surface area (Å²) in [5.74, 6) is 0. The summed E-state index contributed by atoms with van der Waals surface area (Å²) in [5.41, 5.74) is 0. The van der Waals surface area contributed by atoms with Crippen molar-refractivity contribution in [2.45, 2.75) is 0 Å². The van der Waals surface area contributed by atoms with Crippen molar-refractivity contribution in [3.05, 3.63) is 30.3 Å². The molecule has 0 saturated carbocycles. The van der Waals surface area contributed by atoms with Gasteiger partial charge < -0.3 is 4.57 Å². The zero-order chi connectivity index (χ0) is 7.40. The van der Waals surface area contributed by atoms with Crippen molar-refractivity contribution in [1.29, 1.82) is 0 Å². The third-order valence-corrected chi connectivity index (χ3v) is 2.41. The molecule has 0 aliphatic heterocycles. The second-order valence-corrected chi connectivity index (χ2v) is 4.46. The van der Waals surface area contributed by atoms with E-state index in [4.69, 9.17) is 0 Å². The van der Waals surface area contributed by atoms with E-state index in [-0.39, 0.29) is 0 Å². The molecule has 0 aromatic heterocycles. The van der Waals surface area contributed by atoms with Gasteiger partial charge >= 0.3 is 0 Å². The molecule has 0 aliphatic carbocycles. The average molecular weight is 150 g/mol. The van der Waals surface area contributed by atoms with E-state index >= 15 is 0 Å². The third kappa shape index (κ3) is 2.33. The van der Waals surface area contributed by atoms with Crippen LogP contribution in [0.3, 0.4) is 0 Å². The Bertz CT molecular complexity index is 184. The minimum Gasteiger partial charge on any atom is -0.329 e. The second kappa shape index (κ2) is 3.54. The van der Waals surface area contributed by atoms with Crippen molar-refractivity contribution in [2.24, 2.45) is 0 Å². The van der Waals surface area contributed by atoms with Gasteiger partial charge in [-0.05, 0) is 19.3 Å². The van der Waals surface area contributed by atoms with Crippen molar-refractivity contribution in [1.82, 2.24) is 4.57 Å². The lowest BCUT2D eigenvalue weighted by Crippen LogP contribution is -2.28. The number of hydrogen-bond acceptors (Lipinski definition) is 1. The predicted octanol–water partition coefficient (Wildman–Crippen LogP) is 0.225. The molecule has 0 atom stereocenters. The number of hydrogen-bond donors (Lipinski definition) is 0. The Morgan fingerprint density at radius 1 is 1.10 bits per heavy atom. The van der Waals surface area contributed by atoms with Gasteiger partial charge in [0.2, 0.25) is 0 Å². The number of nitrogens with zero attached hydrogens (tertiary/aromatic N) is 1. The smallest absolute Gasteiger partial charge is 0.152 e. The van der Waals surface area contributed by atoms with Crippen LogP contribution in [0, 0.1) is 0 Å². The topological polar surface area (TPSA) is 3.24 Å². The minimum atomic E-state index is 0.325. The fraction of sp³-hybridized carbons (Fsp3) is 0.250. The normalized spacial score (nSPS) is 10.3. The van der Waals surface area contributed by atoms with E-state index in [1.807, 2.05) is 0 Å². The first-order chi connectivity index (χ1) is 4.79. The Morgan fingerprint density at radius 2 is 1.70 bits per heavy atom. The van der Waals surface area contributed by atoms with Gasteiger partial charge in [-0.1, -0.05) is 30.3 Å². The largest absolute Gasteiger partial charge is 0.329 e. The fourth-order valence-corrected chi connectivity index (χ4v) is 1.83. The number of benzene rings is 1. The van der Waals surface area contributed by atoms with Crippen LogP contribution in [-0.4, -0.2) is 28.3 Å². The van der Waals surface area contributed by atoms with Gasteiger partial charge in [0, 0.05) is 0 Å². The summed E-state index contributed by atoms with van der Waals surface area (Å²) in [6.45, 7) is 0. The summed E-state index contributed by atoms with van der Waals surface area (Å²) in [7, 11) is 4.55. The summed E-state index contributed by atoms with van der Waals surface area (Å²) in [6, 6.07) is 10.6. The highest BCUT2D eigenvalue weighted by Crippen LogP contribution is 1.81. The average Bonchev–Trinajstić information content (AvgIpc) is 1.88. The molecule has 0 amide bonds. The molecule has 1 nitrogen and oxygen atoms in total. The van der Waals surface area contributed by atoms with Crippen molar-refractivity contribution in [2.75, 3.05) is 14.1 Å². The van der Waals surface area contributed by atoms with Gasteiger partial charge in [0.05, 0.1) is 0 Å². The fourth-order valence-electron chi connectivity index (χ4n) is 0.837. The zero-order valence-corrected chi connectivity index (χ0v) is 7.57. The highest BCUT2D eigenvalue weighted by Gasteiger charge is 1.92. The molecule has 1 radical (unpaired) electrons. The summed E-state index contributed by atoms with van der Waals surface area (Å²) in [5, 5.41) is 1.45. The molecule has 0 unspecified atom stereocenters. The molecule has 1 rings (SSSR count). The molecular formula is C8H12NSi. The van der Waals surface area contributed by atoms with Crippen LogP contribution in [0.1, 0.15) is 0 Å². The van der Waals surface area contributed by atoms with Crippen molar-refractivity contribution >= 4 is 14.9 Å². The van der Waals surface area contributed by atoms with Gasteiger partial charge in [0.25, 0.3) is 0 Å². The van der Waals surface area contributed by atoms with Gasteiger partial charge in [-0.2, -0.15) is 0 Å². The lowest BCUT2D eigenvalue weighted by Gasteiger charge is -2.06. The monoisotopic (exact) mass is 150 g/mol. The Balaban J connectivity index is 2.59. The molecular weight excluding hydrogens is 138 g/mol. The molecule has 0 bridgehead atoms. The molecule has 0 N–H and O–H groups in total. The number of rotatable bonds is 2. The van der Waals surface area contributed by atoms with Gasteiger partial charge in [0.15, 0.2) is 9.68 Å². The lowest BCUT2D eigenvalue weighted by atomic mass is 10.4. The highest BCUT2D eigenvalue weighted by atomic mass is 28.2. The van der Waals surface area contributed by atoms with E-state index < -0.39 is 0 Å². The Hall–Kier alpha value is -0.603. The highest BCUT2D eigenvalue weighted by molar-refractivity contribution is 6.50. The molecule has 0 aliphatic rings. The van der Waals surface area contributed by atoms with Crippen LogP contribution in [0.5, 0.6) is 0 Å². The SMILES string of the molecule is CN(C)[SiH]c1ccccc1. The quantitative estimate of drug-likeness (QED) is 0.545. The summed E-state index contributed by atoms with van der Waals surface area (Å²) >= 11 is 0. The van der Waals surface area contributed by atoms with Gasteiger partial charge in [-0.25, -0.2) is 0 Å². The standard InChI is InChI=1S/C8H12NSi/c1-9(2)10-8-6-4-3-5-7-8/h3-7,10H,1-2H3. The maximum Gasteiger partial charge on any atom is 0.152 e. The Kier molecular flexibility index (Phi) is 2.65. The maximum absolute atomic E-state index is 2.25. The van der Waals surface area contributed by atoms with Gasteiger partial charge in [-0.3, -0.25) is 0 Å². The van der Waals surface area contributed by atoms with Crippen LogP contribution in [0.15, 0.2) is 30.3 Å². The predicted molar refractivity (Wildman–Crippen MR) is 46.9 cm³/mol. The maximum atomic E-state index is 2.25. The molecule has 2 heteroatoms. The molecule has 1 aromatic rings. The van der Waals surface area contributed by atoms with E-state index in [1.165, 1.54) is 5.19 Å². The Labute approximate surface area is 64.6 Å². The van der Waals surface area contributed by atoms with Crippen LogP contribution >= 0.6 is 0 Å². The van der Waals surface area contributed by atoms with E-state index in [0.717, 1.165) is 0 Å². The summed E-state index contributed by atoms with van der Waals surface area (Å²) in [6.07, 6.45) is 0. The van der Waals surface area contributed by atoms with E-state index in [9.17, 15) is 0 Å². The molecule has 10 heavy (non-hydrogen) atoms. The minimum absolute atomic E-state index is 0.325. The van der Waals surface area contributed by atoms with Crippen molar-refractivity contribution in [3.8, 4) is 0 Å². The van der Waals surface area contributed by atoms with Crippen LogP contribution in [0.25, 0.3) is 0 Å². The summed E-state index contributed by atoms with van der Waals surface area (Å²) < 4.78 is 2.25. The van der Waals surface area contributed by atoms with Crippen LogP contribution < -0.4 is 5.19 Å². The van der Waals surface area contributed by atoms with E-state index in [2.05, 4.69) is 49.0 Å². The molecule has 53 valence electrons. The third-order valence-electron chi connectivity index (χ3n) is 1.21. The van der Waals surface area contributed by atoms with Gasteiger partial charge in [-0.15, -0.1) is 0 Å². The van der Waals surface area contributed by atoms with Crippen molar-refractivity contribution < 1.29 is 0 Å². The van der Waals surface area contributed by atoms with E-state index in [1.54, 1.807) is 0 Å². The molecule has 0 spiro atoms. The molecule has 0 saturated heterocycles. The van der Waals surface area contributed by atoms with Crippen LogP contribution in [-0.2, 0) is 0 Å². The van der Waals surface area contributed by atoms with E-state index in [0.29, 0.717) is 9.68 Å². The summed E-state index contributed by atoms with van der Waals surface area (Å²) in [4.78, 5) is 0. The Morgan fingerprint density at radius 3 is 2.20 bits per heavy atom. The second-order valence-electron chi connectivity index (χ2n) is 2.50. The first-order valence-electron chi connectivity index (χ1n) is 3.35. The lowest BCUT2D eigenvalue weighted by molar-refractivity contribution is 0.669. The van der Waals surface area contributed by atoms with Crippen molar-refractivity contribution in [3.63, 3.8) is 0 Å². The molecule has 0 heterocycles. The molecule has 1 aromatic carbocycles. The van der Waals surface area contributed by atoms with Crippen LogP contribution in [0.4, 0.5) is 0 Å². The van der Waals surface area contributed by atoms with Gasteiger partial charge in [0.1, 0.15) is 0 Å². The van der Waals surface area contributed by atoms with Crippen LogP contribution in [0.2, 0.25) is 0 Å². The first kappa shape index (κ1) is 7.50. The molecule has 0 fully saturated rings. The zero-order valence-electron chi connectivity index (χ0n) is 6.41. The first-order valence-corrected chi connectivity index (χ1v) is 4.45.